The Bertz CT molecular complexity index is 130. The summed E-state index contributed by atoms with van der Waals surface area (Å²) in [5.41, 5.74) is 0.660. The molecule has 0 saturated carbocycles. The largest absolute Gasteiger partial charge is 0.299 e. The molecule has 0 aromatic carbocycles. The van der Waals surface area contributed by atoms with Crippen LogP contribution in [0.2, 0.25) is 0 Å². The first-order chi connectivity index (χ1) is 3.83. The van der Waals surface area contributed by atoms with E-state index in [0.29, 0.717) is 5.71 Å². The maximum Gasteiger partial charge on any atom is 0.166 e. The smallest absolute Gasteiger partial charge is 0.166 e. The van der Waals surface area contributed by atoms with Crippen molar-refractivity contribution in [3.63, 3.8) is 0 Å². The zero-order chi connectivity index (χ0) is 5.98. The predicted octanol–water partition coefficient (Wildman–Crippen LogP) is -0.123. The van der Waals surface area contributed by atoms with Crippen molar-refractivity contribution >= 4 is 12.0 Å². The third-order valence-electron chi connectivity index (χ3n) is 1.13. The van der Waals surface area contributed by atoms with Crippen molar-refractivity contribution in [3.8, 4) is 0 Å². The minimum atomic E-state index is 0.660. The Morgan fingerprint density at radius 2 is 2.62 bits per heavy atom. The van der Waals surface area contributed by atoms with Gasteiger partial charge >= 0.3 is 0 Å². The molecular weight excluding hydrogens is 104 g/mol. The van der Waals surface area contributed by atoms with E-state index in [1.54, 1.807) is 5.01 Å². The summed E-state index contributed by atoms with van der Waals surface area (Å²) in [5.74, 6) is 0. The lowest BCUT2D eigenvalue weighted by Gasteiger charge is -2.00. The number of hydrogen-bond acceptors (Lipinski definition) is 3. The third kappa shape index (κ3) is 0.857. The first-order valence-electron chi connectivity index (χ1n) is 2.56. The average molecular weight is 112 g/mol. The van der Waals surface area contributed by atoms with Gasteiger partial charge < -0.3 is 0 Å². The Morgan fingerprint density at radius 3 is 2.88 bits per heavy atom. The molecule has 0 radical (unpaired) electrons. The highest BCUT2D eigenvalue weighted by Gasteiger charge is 2.07. The van der Waals surface area contributed by atoms with Crippen LogP contribution in [-0.4, -0.2) is 30.6 Å². The lowest BCUT2D eigenvalue weighted by molar-refractivity contribution is -0.102. The molecule has 0 aromatic heterocycles. The third-order valence-corrected chi connectivity index (χ3v) is 1.13. The van der Waals surface area contributed by atoms with Crippen molar-refractivity contribution < 1.29 is 4.79 Å². The molecule has 3 heteroatoms. The van der Waals surface area contributed by atoms with Gasteiger partial charge in [-0.25, -0.2) is 0 Å². The second-order valence-electron chi connectivity index (χ2n) is 1.84. The van der Waals surface area contributed by atoms with Crippen LogP contribution >= 0.6 is 0 Å². The van der Waals surface area contributed by atoms with Gasteiger partial charge in [-0.15, -0.1) is 0 Å². The zero-order valence-electron chi connectivity index (χ0n) is 4.79. The minimum absolute atomic E-state index is 0.660. The van der Waals surface area contributed by atoms with Crippen molar-refractivity contribution in [1.82, 2.24) is 5.01 Å². The second kappa shape index (κ2) is 1.94. The van der Waals surface area contributed by atoms with E-state index in [4.69, 9.17) is 0 Å². The summed E-state index contributed by atoms with van der Waals surface area (Å²) in [6.45, 7) is 0.883. The number of aldehydes is 1. The molecule has 1 aliphatic heterocycles. The van der Waals surface area contributed by atoms with Gasteiger partial charge in [-0.05, 0) is 0 Å². The molecule has 3 nitrogen and oxygen atoms in total. The summed E-state index contributed by atoms with van der Waals surface area (Å²) in [7, 11) is 1.86. The van der Waals surface area contributed by atoms with E-state index in [9.17, 15) is 4.79 Å². The van der Waals surface area contributed by atoms with Crippen molar-refractivity contribution in [2.75, 3.05) is 13.6 Å². The Hall–Kier alpha value is -0.860. The molecule has 0 aliphatic carbocycles. The van der Waals surface area contributed by atoms with Gasteiger partial charge in [0.05, 0.1) is 0 Å². The van der Waals surface area contributed by atoms with Gasteiger partial charge in [-0.3, -0.25) is 9.80 Å². The summed E-state index contributed by atoms with van der Waals surface area (Å²) in [5, 5.41) is 5.66. The zero-order valence-corrected chi connectivity index (χ0v) is 4.79. The van der Waals surface area contributed by atoms with Crippen molar-refractivity contribution in [1.29, 1.82) is 0 Å². The summed E-state index contributed by atoms with van der Waals surface area (Å²) < 4.78 is 0. The highest BCUT2D eigenvalue weighted by Crippen LogP contribution is 1.99. The van der Waals surface area contributed by atoms with Gasteiger partial charge in [0, 0.05) is 20.0 Å². The first kappa shape index (κ1) is 5.28. The molecule has 0 N–H and O–H groups in total. The first-order valence-corrected chi connectivity index (χ1v) is 2.56. The van der Waals surface area contributed by atoms with E-state index in [1.165, 1.54) is 0 Å². The summed E-state index contributed by atoms with van der Waals surface area (Å²) in [4.78, 5) is 10.00. The Morgan fingerprint density at radius 1 is 1.88 bits per heavy atom. The Labute approximate surface area is 48.0 Å². The minimum Gasteiger partial charge on any atom is -0.299 e. The number of carbonyl (C=O) groups excluding carboxylic acids is 1. The Balaban J connectivity index is 2.56. The molecule has 0 aromatic rings. The SMILES string of the molecule is CN1CCC(C=O)=N1. The fourth-order valence-electron chi connectivity index (χ4n) is 0.678. The second-order valence-corrected chi connectivity index (χ2v) is 1.84. The van der Waals surface area contributed by atoms with Gasteiger partial charge in [0.2, 0.25) is 0 Å². The van der Waals surface area contributed by atoms with Crippen LogP contribution < -0.4 is 0 Å². The molecule has 0 atom stereocenters. The highest BCUT2D eigenvalue weighted by molar-refractivity contribution is 6.28. The van der Waals surface area contributed by atoms with Crippen molar-refractivity contribution in [3.05, 3.63) is 0 Å². The molecule has 0 bridgehead atoms. The number of carbonyl (C=O) groups is 1. The number of nitrogens with zero attached hydrogens (tertiary/aromatic N) is 2. The maximum atomic E-state index is 10.00. The van der Waals surface area contributed by atoms with Crippen LogP contribution in [0, 0.1) is 0 Å². The van der Waals surface area contributed by atoms with E-state index in [2.05, 4.69) is 5.10 Å². The fourth-order valence-corrected chi connectivity index (χ4v) is 0.678. The molecule has 1 rings (SSSR count). The fraction of sp³-hybridized carbons (Fsp3) is 0.600. The highest BCUT2D eigenvalue weighted by atomic mass is 16.1. The standard InChI is InChI=1S/C5H8N2O/c1-7-3-2-5(4-8)6-7/h4H,2-3H2,1H3. The number of hydrogen-bond donors (Lipinski definition) is 0. The molecule has 1 aliphatic rings. The average Bonchev–Trinajstić information content (AvgIpc) is 2.14. The predicted molar refractivity (Wildman–Crippen MR) is 30.7 cm³/mol. The Kier molecular flexibility index (Phi) is 1.28. The van der Waals surface area contributed by atoms with Crippen LogP contribution in [0.5, 0.6) is 0 Å². The monoisotopic (exact) mass is 112 g/mol. The number of rotatable bonds is 1. The van der Waals surface area contributed by atoms with E-state index in [1.807, 2.05) is 7.05 Å². The van der Waals surface area contributed by atoms with Crippen molar-refractivity contribution in [2.45, 2.75) is 6.42 Å². The van der Waals surface area contributed by atoms with E-state index < -0.39 is 0 Å². The topological polar surface area (TPSA) is 32.7 Å². The van der Waals surface area contributed by atoms with Gasteiger partial charge in [0.1, 0.15) is 5.71 Å². The van der Waals surface area contributed by atoms with Crippen LogP contribution in [0.4, 0.5) is 0 Å². The molecule has 0 unspecified atom stereocenters. The van der Waals surface area contributed by atoms with Gasteiger partial charge in [-0.1, -0.05) is 0 Å². The van der Waals surface area contributed by atoms with Crippen LogP contribution in [-0.2, 0) is 4.79 Å². The molecule has 0 fully saturated rings. The summed E-state index contributed by atoms with van der Waals surface area (Å²) in [6.07, 6.45) is 1.61. The van der Waals surface area contributed by atoms with Crippen LogP contribution in [0.25, 0.3) is 0 Å². The summed E-state index contributed by atoms with van der Waals surface area (Å²) >= 11 is 0. The van der Waals surface area contributed by atoms with Gasteiger partial charge in [0.15, 0.2) is 6.29 Å². The van der Waals surface area contributed by atoms with E-state index in [0.717, 1.165) is 19.3 Å². The maximum absolute atomic E-state index is 10.00. The molecule has 8 heavy (non-hydrogen) atoms. The lowest BCUT2D eigenvalue weighted by atomic mass is 10.3. The van der Waals surface area contributed by atoms with Crippen LogP contribution in [0.15, 0.2) is 5.10 Å². The van der Waals surface area contributed by atoms with E-state index >= 15 is 0 Å². The molecule has 1 heterocycles. The quantitative estimate of drug-likeness (QED) is 0.443. The van der Waals surface area contributed by atoms with Crippen LogP contribution in [0.3, 0.4) is 0 Å². The number of hydrazone groups is 1. The normalized spacial score (nSPS) is 18.6. The van der Waals surface area contributed by atoms with Gasteiger partial charge in [0.25, 0.3) is 0 Å². The van der Waals surface area contributed by atoms with Crippen LogP contribution in [0.1, 0.15) is 6.42 Å². The molecular formula is C5H8N2O. The lowest BCUT2D eigenvalue weighted by Crippen LogP contribution is -2.04. The molecule has 0 amide bonds. The summed E-state index contributed by atoms with van der Waals surface area (Å²) in [6, 6.07) is 0. The van der Waals surface area contributed by atoms with Crippen molar-refractivity contribution in [2.24, 2.45) is 5.10 Å². The molecule has 0 saturated heterocycles. The van der Waals surface area contributed by atoms with Gasteiger partial charge in [-0.2, -0.15) is 5.10 Å². The molecule has 0 spiro atoms. The van der Waals surface area contributed by atoms with E-state index in [-0.39, 0.29) is 0 Å². The molecule has 44 valence electrons.